The van der Waals surface area contributed by atoms with E-state index in [1.165, 1.54) is 32.6 Å². The van der Waals surface area contributed by atoms with Crippen LogP contribution in [-0.4, -0.2) is 42.6 Å². The van der Waals surface area contributed by atoms with Gasteiger partial charge in [-0.1, -0.05) is 12.1 Å². The third-order valence-electron chi connectivity index (χ3n) is 3.76. The molecule has 2 N–H and O–H groups in total. The number of nitrogens with zero attached hydrogens (tertiary/aromatic N) is 3. The molecule has 2 aromatic heterocycles. The lowest BCUT2D eigenvalue weighted by Gasteiger charge is -2.13. The molecule has 0 aliphatic heterocycles. The summed E-state index contributed by atoms with van der Waals surface area (Å²) < 4.78 is 27.3. The van der Waals surface area contributed by atoms with E-state index in [1.807, 2.05) is 6.07 Å². The van der Waals surface area contributed by atoms with Crippen molar-refractivity contribution in [3.05, 3.63) is 59.4 Å². The van der Waals surface area contributed by atoms with Crippen molar-refractivity contribution in [2.24, 2.45) is 0 Å². The molecular formula is C17H15N5O3S. The second kappa shape index (κ2) is 6.59. The number of benzene rings is 1. The molecule has 0 aliphatic rings. The Kier molecular flexibility index (Phi) is 4.46. The Labute approximate surface area is 150 Å². The summed E-state index contributed by atoms with van der Waals surface area (Å²) in [6.07, 6.45) is 2.95. The van der Waals surface area contributed by atoms with Gasteiger partial charge >= 0.3 is 10.2 Å². The van der Waals surface area contributed by atoms with Gasteiger partial charge in [0.15, 0.2) is 5.78 Å². The van der Waals surface area contributed by atoms with Crippen molar-refractivity contribution >= 4 is 32.7 Å². The van der Waals surface area contributed by atoms with Gasteiger partial charge in [0.2, 0.25) is 0 Å². The standard InChI is InChI=1S/C17H15N5O3S/c1-22(2)26(24,25)21-13-5-3-4-12(7-13)16(23)15-10-20-17-14(15)6-11(8-18)9-19-17/h3-7,9-10,21H,1-2H3,(H,19,20). The summed E-state index contributed by atoms with van der Waals surface area (Å²) in [5.74, 6) is -0.306. The summed E-state index contributed by atoms with van der Waals surface area (Å²) in [5, 5.41) is 9.55. The number of anilines is 1. The molecule has 3 aromatic rings. The molecule has 0 radical (unpaired) electrons. The summed E-state index contributed by atoms with van der Waals surface area (Å²) >= 11 is 0. The lowest BCUT2D eigenvalue weighted by atomic mass is 10.0. The molecular weight excluding hydrogens is 354 g/mol. The van der Waals surface area contributed by atoms with Gasteiger partial charge in [-0.15, -0.1) is 0 Å². The molecule has 9 heteroatoms. The predicted molar refractivity (Wildman–Crippen MR) is 96.9 cm³/mol. The number of aromatic amines is 1. The minimum Gasteiger partial charge on any atom is -0.345 e. The van der Waals surface area contributed by atoms with E-state index in [-0.39, 0.29) is 11.5 Å². The average molecular weight is 369 g/mol. The number of ketones is 1. The van der Waals surface area contributed by atoms with E-state index in [9.17, 15) is 13.2 Å². The summed E-state index contributed by atoms with van der Waals surface area (Å²) in [7, 11) is -0.860. The second-order valence-electron chi connectivity index (χ2n) is 5.73. The summed E-state index contributed by atoms with van der Waals surface area (Å²) in [4.78, 5) is 19.9. The molecule has 26 heavy (non-hydrogen) atoms. The maximum Gasteiger partial charge on any atom is 0.301 e. The summed E-state index contributed by atoms with van der Waals surface area (Å²) in [6, 6.07) is 9.78. The highest BCUT2D eigenvalue weighted by Gasteiger charge is 2.17. The number of nitrogens with one attached hydrogen (secondary N) is 2. The molecule has 0 saturated carbocycles. The van der Waals surface area contributed by atoms with Crippen molar-refractivity contribution in [2.75, 3.05) is 18.8 Å². The van der Waals surface area contributed by atoms with Crippen LogP contribution in [0, 0.1) is 11.3 Å². The van der Waals surface area contributed by atoms with Crippen LogP contribution in [0.5, 0.6) is 0 Å². The number of nitriles is 1. The number of rotatable bonds is 5. The highest BCUT2D eigenvalue weighted by Crippen LogP contribution is 2.22. The van der Waals surface area contributed by atoms with Crippen molar-refractivity contribution in [1.29, 1.82) is 5.26 Å². The Morgan fingerprint density at radius 1 is 1.31 bits per heavy atom. The largest absolute Gasteiger partial charge is 0.345 e. The normalized spacial score (nSPS) is 11.5. The smallest absolute Gasteiger partial charge is 0.301 e. The zero-order valence-electron chi connectivity index (χ0n) is 14.0. The van der Waals surface area contributed by atoms with E-state index >= 15 is 0 Å². The number of H-pyrrole nitrogens is 1. The molecule has 8 nitrogen and oxygen atoms in total. The fourth-order valence-electron chi connectivity index (χ4n) is 2.37. The Hall–Kier alpha value is -3.22. The minimum atomic E-state index is -3.67. The van der Waals surface area contributed by atoms with Crippen LogP contribution in [0.4, 0.5) is 5.69 Å². The Morgan fingerprint density at radius 2 is 2.08 bits per heavy atom. The molecule has 0 aliphatic carbocycles. The fourth-order valence-corrected chi connectivity index (χ4v) is 2.98. The number of pyridine rings is 1. The second-order valence-corrected chi connectivity index (χ2v) is 7.62. The molecule has 0 spiro atoms. The first-order valence-electron chi connectivity index (χ1n) is 7.54. The van der Waals surface area contributed by atoms with Crippen LogP contribution in [0.15, 0.2) is 42.7 Å². The van der Waals surface area contributed by atoms with Crippen LogP contribution in [0.3, 0.4) is 0 Å². The van der Waals surface area contributed by atoms with Gasteiger partial charge in [0.1, 0.15) is 11.7 Å². The molecule has 0 atom stereocenters. The monoisotopic (exact) mass is 369 g/mol. The van der Waals surface area contributed by atoms with Crippen molar-refractivity contribution in [3.8, 4) is 6.07 Å². The van der Waals surface area contributed by atoms with Crippen LogP contribution < -0.4 is 4.72 Å². The number of hydrogen-bond acceptors (Lipinski definition) is 5. The minimum absolute atomic E-state index is 0.278. The lowest BCUT2D eigenvalue weighted by Crippen LogP contribution is -2.28. The molecule has 0 amide bonds. The molecule has 132 valence electrons. The third kappa shape index (κ3) is 3.28. The first kappa shape index (κ1) is 17.6. The Bertz CT molecular complexity index is 1140. The summed E-state index contributed by atoms with van der Waals surface area (Å²) in [6.45, 7) is 0. The topological polar surface area (TPSA) is 119 Å². The zero-order chi connectivity index (χ0) is 18.9. The van der Waals surface area contributed by atoms with Gasteiger partial charge in [0.05, 0.1) is 11.3 Å². The van der Waals surface area contributed by atoms with Crippen LogP contribution in [0.1, 0.15) is 21.5 Å². The Morgan fingerprint density at radius 3 is 2.77 bits per heavy atom. The van der Waals surface area contributed by atoms with Crippen molar-refractivity contribution in [1.82, 2.24) is 14.3 Å². The maximum absolute atomic E-state index is 12.9. The number of carbonyl (C=O) groups is 1. The highest BCUT2D eigenvalue weighted by atomic mass is 32.2. The van der Waals surface area contributed by atoms with Gasteiger partial charge < -0.3 is 4.98 Å². The molecule has 0 fully saturated rings. The van der Waals surface area contributed by atoms with E-state index < -0.39 is 10.2 Å². The third-order valence-corrected chi connectivity index (χ3v) is 5.21. The van der Waals surface area contributed by atoms with Crippen molar-refractivity contribution < 1.29 is 13.2 Å². The quantitative estimate of drug-likeness (QED) is 0.666. The van der Waals surface area contributed by atoms with E-state index in [0.29, 0.717) is 27.7 Å². The molecule has 2 heterocycles. The van der Waals surface area contributed by atoms with Gasteiger partial charge in [-0.25, -0.2) is 4.98 Å². The SMILES string of the molecule is CN(C)S(=O)(=O)Nc1cccc(C(=O)c2c[nH]c3ncc(C#N)cc23)c1. The fraction of sp³-hybridized carbons (Fsp3) is 0.118. The van der Waals surface area contributed by atoms with Gasteiger partial charge in [-0.05, 0) is 18.2 Å². The number of aromatic nitrogens is 2. The van der Waals surface area contributed by atoms with Gasteiger partial charge in [0.25, 0.3) is 0 Å². The van der Waals surface area contributed by atoms with Crippen LogP contribution in [0.2, 0.25) is 0 Å². The molecule has 0 bridgehead atoms. The summed E-state index contributed by atoms with van der Waals surface area (Å²) in [5.41, 5.74) is 1.79. The number of fused-ring (bicyclic) bond motifs is 1. The lowest BCUT2D eigenvalue weighted by molar-refractivity contribution is 0.104. The molecule has 0 unspecified atom stereocenters. The highest BCUT2D eigenvalue weighted by molar-refractivity contribution is 7.90. The van der Waals surface area contributed by atoms with Crippen molar-refractivity contribution in [3.63, 3.8) is 0 Å². The Balaban J connectivity index is 1.99. The van der Waals surface area contributed by atoms with E-state index in [1.54, 1.807) is 24.3 Å². The van der Waals surface area contributed by atoms with E-state index in [2.05, 4.69) is 14.7 Å². The molecule has 0 saturated heterocycles. The van der Waals surface area contributed by atoms with E-state index in [4.69, 9.17) is 5.26 Å². The molecule has 3 rings (SSSR count). The number of hydrogen-bond donors (Lipinski definition) is 2. The van der Waals surface area contributed by atoms with Crippen LogP contribution in [-0.2, 0) is 10.2 Å². The average Bonchev–Trinajstić information content (AvgIpc) is 3.03. The van der Waals surface area contributed by atoms with Crippen LogP contribution in [0.25, 0.3) is 11.0 Å². The van der Waals surface area contributed by atoms with Gasteiger partial charge in [-0.3, -0.25) is 9.52 Å². The first-order valence-corrected chi connectivity index (χ1v) is 8.98. The van der Waals surface area contributed by atoms with Crippen molar-refractivity contribution in [2.45, 2.75) is 0 Å². The maximum atomic E-state index is 12.9. The molecule has 1 aromatic carbocycles. The van der Waals surface area contributed by atoms with Gasteiger partial charge in [0, 0.05) is 43.0 Å². The predicted octanol–water partition coefficient (Wildman–Crippen LogP) is 1.88. The van der Waals surface area contributed by atoms with E-state index in [0.717, 1.165) is 4.31 Å². The first-order chi connectivity index (χ1) is 12.3. The number of carbonyl (C=O) groups excluding carboxylic acids is 1. The van der Waals surface area contributed by atoms with Gasteiger partial charge in [-0.2, -0.15) is 18.0 Å². The zero-order valence-corrected chi connectivity index (χ0v) is 14.8. The van der Waals surface area contributed by atoms with Crippen LogP contribution >= 0.6 is 0 Å².